The number of ketones is 2. The lowest BCUT2D eigenvalue weighted by Gasteiger charge is -2.17. The van der Waals surface area contributed by atoms with Crippen LogP contribution < -0.4 is 5.32 Å². The molecule has 0 bridgehead atoms. The van der Waals surface area contributed by atoms with Crippen molar-refractivity contribution in [3.63, 3.8) is 0 Å². The zero-order valence-electron chi connectivity index (χ0n) is 19.5. The van der Waals surface area contributed by atoms with Crippen molar-refractivity contribution >= 4 is 17.5 Å². The largest absolute Gasteiger partial charge is 0.352 e. The van der Waals surface area contributed by atoms with Crippen LogP contribution in [0.1, 0.15) is 41.0 Å². The summed E-state index contributed by atoms with van der Waals surface area (Å²) in [7, 11) is 0. The number of halogens is 4. The van der Waals surface area contributed by atoms with E-state index in [0.717, 1.165) is 30.5 Å². The topological polar surface area (TPSA) is 76.1 Å². The van der Waals surface area contributed by atoms with Gasteiger partial charge >= 0.3 is 0 Å². The summed E-state index contributed by atoms with van der Waals surface area (Å²) in [6, 6.07) is 6.80. The fraction of sp³-hybridized carbons (Fsp3) is 0.259. The van der Waals surface area contributed by atoms with Gasteiger partial charge in [0.25, 0.3) is 0 Å². The van der Waals surface area contributed by atoms with Gasteiger partial charge in [-0.1, -0.05) is 0 Å². The highest BCUT2D eigenvalue weighted by Gasteiger charge is 2.43. The molecule has 1 fully saturated rings. The van der Waals surface area contributed by atoms with Gasteiger partial charge in [0.15, 0.2) is 11.6 Å². The van der Waals surface area contributed by atoms with Crippen LogP contribution >= 0.6 is 0 Å². The minimum absolute atomic E-state index is 0.0500. The average Bonchev–Trinajstić information content (AvgIpc) is 3.04. The Kier molecular flexibility index (Phi) is 7.01. The summed E-state index contributed by atoms with van der Waals surface area (Å²) >= 11 is 0. The van der Waals surface area contributed by atoms with Crippen molar-refractivity contribution in [2.75, 3.05) is 0 Å². The first-order valence-electron chi connectivity index (χ1n) is 11.2. The summed E-state index contributed by atoms with van der Waals surface area (Å²) in [5, 5.41) is 2.52. The second kappa shape index (κ2) is 10.0. The molecule has 1 aromatic heterocycles. The summed E-state index contributed by atoms with van der Waals surface area (Å²) in [5.41, 5.74) is 2.20. The number of Topliss-reactive ketones (excluding diaryl/α,β-unsaturated/α-hetero) is 2. The molecule has 0 spiro atoms. The Labute approximate surface area is 204 Å². The molecule has 2 aromatic carbocycles. The standard InChI is InChI=1S/C27H22F4N2O3/c1-13-3-16(26-21(31)10-20(30)12-33-26)4-14(2)24(13)25-22(34)7-17(27(25)36)8-23(35)32-11-15-5-18(28)9-19(29)6-15/h3-6,9-10,12,17,25H,7-8,11H2,1-2H3,(H,32,35). The molecule has 1 N–H and O–H groups in total. The number of hydrogen-bond acceptors (Lipinski definition) is 4. The monoisotopic (exact) mass is 498 g/mol. The molecule has 5 nitrogen and oxygen atoms in total. The molecule has 0 saturated heterocycles. The maximum Gasteiger partial charge on any atom is 0.221 e. The van der Waals surface area contributed by atoms with Crippen LogP contribution in [0.2, 0.25) is 0 Å². The van der Waals surface area contributed by atoms with Gasteiger partial charge < -0.3 is 5.32 Å². The van der Waals surface area contributed by atoms with Crippen molar-refractivity contribution in [3.8, 4) is 11.3 Å². The zero-order chi connectivity index (χ0) is 26.1. The number of rotatable bonds is 6. The van der Waals surface area contributed by atoms with Gasteiger partial charge in [0, 0.05) is 43.0 Å². The normalized spacial score (nSPS) is 17.5. The molecule has 1 aliphatic rings. The third kappa shape index (κ3) is 5.19. The van der Waals surface area contributed by atoms with Gasteiger partial charge in [0.05, 0.1) is 6.20 Å². The number of amides is 1. The average molecular weight is 498 g/mol. The molecule has 186 valence electrons. The number of nitrogens with one attached hydrogen (secondary N) is 1. The number of aromatic nitrogens is 1. The maximum absolute atomic E-state index is 14.2. The van der Waals surface area contributed by atoms with Crippen LogP contribution in [0.5, 0.6) is 0 Å². The number of carbonyl (C=O) groups is 3. The molecule has 1 saturated carbocycles. The molecule has 2 unspecified atom stereocenters. The first kappa shape index (κ1) is 25.2. The fourth-order valence-electron chi connectivity index (χ4n) is 4.74. The van der Waals surface area contributed by atoms with Crippen molar-refractivity contribution in [1.29, 1.82) is 0 Å². The molecule has 0 radical (unpaired) electrons. The van der Waals surface area contributed by atoms with E-state index in [1.165, 1.54) is 0 Å². The number of carbonyl (C=O) groups excluding carboxylic acids is 3. The quantitative estimate of drug-likeness (QED) is 0.389. The van der Waals surface area contributed by atoms with Crippen molar-refractivity contribution in [3.05, 3.63) is 88.1 Å². The van der Waals surface area contributed by atoms with Crippen LogP contribution in [-0.4, -0.2) is 22.5 Å². The first-order chi connectivity index (χ1) is 17.0. The third-order valence-corrected chi connectivity index (χ3v) is 6.26. The summed E-state index contributed by atoms with van der Waals surface area (Å²) in [5.74, 6) is -6.30. The number of nitrogens with zero attached hydrogens (tertiary/aromatic N) is 1. The Morgan fingerprint density at radius 2 is 1.58 bits per heavy atom. The van der Waals surface area contributed by atoms with E-state index in [1.54, 1.807) is 26.0 Å². The van der Waals surface area contributed by atoms with E-state index in [1.807, 2.05) is 0 Å². The van der Waals surface area contributed by atoms with Crippen LogP contribution in [-0.2, 0) is 20.9 Å². The van der Waals surface area contributed by atoms with Crippen LogP contribution in [0.4, 0.5) is 17.6 Å². The molecular weight excluding hydrogens is 476 g/mol. The summed E-state index contributed by atoms with van der Waals surface area (Å²) < 4.78 is 54.1. The third-order valence-electron chi connectivity index (χ3n) is 6.26. The van der Waals surface area contributed by atoms with Crippen LogP contribution in [0.25, 0.3) is 11.3 Å². The van der Waals surface area contributed by atoms with Gasteiger partial charge in [-0.25, -0.2) is 17.6 Å². The van der Waals surface area contributed by atoms with E-state index in [9.17, 15) is 31.9 Å². The summed E-state index contributed by atoms with van der Waals surface area (Å²) in [4.78, 5) is 42.2. The van der Waals surface area contributed by atoms with E-state index in [4.69, 9.17) is 0 Å². The zero-order valence-corrected chi connectivity index (χ0v) is 19.5. The summed E-state index contributed by atoms with van der Waals surface area (Å²) in [6.45, 7) is 3.25. The molecule has 0 aliphatic heterocycles. The lowest BCUT2D eigenvalue weighted by Crippen LogP contribution is -2.27. The second-order valence-corrected chi connectivity index (χ2v) is 8.97. The molecular formula is C27H22F4N2O3. The van der Waals surface area contributed by atoms with Gasteiger partial charge in [0.1, 0.15) is 34.8 Å². The molecule has 36 heavy (non-hydrogen) atoms. The maximum atomic E-state index is 14.2. The van der Waals surface area contributed by atoms with Crippen molar-refractivity contribution in [2.45, 2.75) is 39.2 Å². The lowest BCUT2D eigenvalue weighted by molar-refractivity contribution is -0.128. The number of benzene rings is 2. The molecule has 1 amide bonds. The van der Waals surface area contributed by atoms with Crippen LogP contribution in [0.3, 0.4) is 0 Å². The fourth-order valence-corrected chi connectivity index (χ4v) is 4.74. The summed E-state index contributed by atoms with van der Waals surface area (Å²) in [6.07, 6.45) is 0.557. The van der Waals surface area contributed by atoms with E-state index in [0.29, 0.717) is 22.3 Å². The number of aryl methyl sites for hydroxylation is 2. The Hall–Kier alpha value is -3.88. The second-order valence-electron chi connectivity index (χ2n) is 8.97. The van der Waals surface area contributed by atoms with Gasteiger partial charge in [-0.05, 0) is 60.4 Å². The smallest absolute Gasteiger partial charge is 0.221 e. The molecule has 1 aliphatic carbocycles. The minimum Gasteiger partial charge on any atom is -0.352 e. The molecule has 1 heterocycles. The van der Waals surface area contributed by atoms with Crippen molar-refractivity contribution < 1.29 is 31.9 Å². The first-order valence-corrected chi connectivity index (χ1v) is 11.2. The molecule has 3 aromatic rings. The molecule has 9 heteroatoms. The van der Waals surface area contributed by atoms with E-state index >= 15 is 0 Å². The van der Waals surface area contributed by atoms with Crippen molar-refractivity contribution in [2.24, 2.45) is 5.92 Å². The van der Waals surface area contributed by atoms with E-state index < -0.39 is 46.8 Å². The van der Waals surface area contributed by atoms with Crippen LogP contribution in [0.15, 0.2) is 42.6 Å². The van der Waals surface area contributed by atoms with Crippen LogP contribution in [0, 0.1) is 43.0 Å². The Bertz CT molecular complexity index is 1350. The molecule has 4 rings (SSSR count). The SMILES string of the molecule is Cc1cc(-c2ncc(F)cc2F)cc(C)c1C1C(=O)CC(CC(=O)NCc2cc(F)cc(F)c2)C1=O. The van der Waals surface area contributed by atoms with Gasteiger partial charge in [-0.2, -0.15) is 0 Å². The predicted molar refractivity (Wildman–Crippen MR) is 123 cm³/mol. The number of hydrogen-bond donors (Lipinski definition) is 1. The predicted octanol–water partition coefficient (Wildman–Crippen LogP) is 4.87. The van der Waals surface area contributed by atoms with Gasteiger partial charge in [-0.3, -0.25) is 19.4 Å². The minimum atomic E-state index is -1.06. The van der Waals surface area contributed by atoms with E-state index in [-0.39, 0.29) is 36.4 Å². The number of pyridine rings is 1. The van der Waals surface area contributed by atoms with E-state index in [2.05, 4.69) is 10.3 Å². The van der Waals surface area contributed by atoms with Crippen molar-refractivity contribution in [1.82, 2.24) is 10.3 Å². The van der Waals surface area contributed by atoms with Gasteiger partial charge in [-0.15, -0.1) is 0 Å². The lowest BCUT2D eigenvalue weighted by atomic mass is 9.85. The van der Waals surface area contributed by atoms with Gasteiger partial charge in [0.2, 0.25) is 5.91 Å². The Balaban J connectivity index is 1.49. The highest BCUT2D eigenvalue weighted by molar-refractivity contribution is 6.15. The highest BCUT2D eigenvalue weighted by Crippen LogP contribution is 2.38. The Morgan fingerprint density at radius 3 is 2.19 bits per heavy atom. The molecule has 2 atom stereocenters. The Morgan fingerprint density at radius 1 is 0.944 bits per heavy atom. The highest BCUT2D eigenvalue weighted by atomic mass is 19.1.